The Morgan fingerprint density at radius 2 is 2.29 bits per heavy atom. The molecule has 0 unspecified atom stereocenters. The number of hydrogen-bond donors (Lipinski definition) is 1. The Bertz CT molecular complexity index is 454. The highest BCUT2D eigenvalue weighted by Crippen LogP contribution is 2.21. The van der Waals surface area contributed by atoms with Gasteiger partial charge in [0.05, 0.1) is 11.3 Å². The van der Waals surface area contributed by atoms with Crippen molar-refractivity contribution in [3.63, 3.8) is 0 Å². The Hall–Kier alpha value is -2.09. The molecule has 0 saturated heterocycles. The van der Waals surface area contributed by atoms with E-state index in [0.717, 1.165) is 12.5 Å². The van der Waals surface area contributed by atoms with Crippen LogP contribution in [0.3, 0.4) is 0 Å². The maximum Gasteiger partial charge on any atom is 0.323 e. The average molecular weight is 236 g/mol. The van der Waals surface area contributed by atoms with Crippen molar-refractivity contribution in [1.29, 1.82) is 5.26 Å². The molecule has 0 aliphatic carbocycles. The minimum absolute atomic E-state index is 0.153. The van der Waals surface area contributed by atoms with Gasteiger partial charge in [-0.05, 0) is 24.6 Å². The highest BCUT2D eigenvalue weighted by atomic mass is 19.1. The fourth-order valence-corrected chi connectivity index (χ4v) is 1.59. The van der Waals surface area contributed by atoms with Gasteiger partial charge in [0.2, 0.25) is 0 Å². The van der Waals surface area contributed by atoms with Crippen molar-refractivity contribution in [2.24, 2.45) is 0 Å². The molecule has 1 N–H and O–H groups in total. The SMILES string of the molecule is CCCN(CC(=O)O)c1ccc(F)cc1C#N. The summed E-state index contributed by atoms with van der Waals surface area (Å²) in [5, 5.41) is 17.7. The van der Waals surface area contributed by atoms with E-state index >= 15 is 0 Å². The van der Waals surface area contributed by atoms with E-state index in [-0.39, 0.29) is 12.1 Å². The molecular formula is C12H13FN2O2. The largest absolute Gasteiger partial charge is 0.480 e. The van der Waals surface area contributed by atoms with E-state index in [4.69, 9.17) is 10.4 Å². The van der Waals surface area contributed by atoms with E-state index < -0.39 is 11.8 Å². The topological polar surface area (TPSA) is 64.3 Å². The second-order valence-corrected chi connectivity index (χ2v) is 3.59. The molecule has 0 saturated carbocycles. The lowest BCUT2D eigenvalue weighted by molar-refractivity contribution is -0.135. The van der Waals surface area contributed by atoms with E-state index in [2.05, 4.69) is 0 Å². The van der Waals surface area contributed by atoms with Gasteiger partial charge in [-0.2, -0.15) is 5.26 Å². The van der Waals surface area contributed by atoms with Gasteiger partial charge in [-0.1, -0.05) is 6.92 Å². The van der Waals surface area contributed by atoms with Crippen molar-refractivity contribution in [3.05, 3.63) is 29.6 Å². The number of aliphatic carboxylic acids is 1. The fraction of sp³-hybridized carbons (Fsp3) is 0.333. The number of nitrogens with zero attached hydrogens (tertiary/aromatic N) is 2. The number of anilines is 1. The second-order valence-electron chi connectivity index (χ2n) is 3.59. The number of benzene rings is 1. The number of hydrogen-bond acceptors (Lipinski definition) is 3. The summed E-state index contributed by atoms with van der Waals surface area (Å²) in [7, 11) is 0. The molecule has 0 aliphatic rings. The molecule has 1 aromatic carbocycles. The van der Waals surface area contributed by atoms with Crippen LogP contribution in [0, 0.1) is 17.1 Å². The Morgan fingerprint density at radius 3 is 2.82 bits per heavy atom. The third-order valence-corrected chi connectivity index (χ3v) is 2.24. The van der Waals surface area contributed by atoms with Crippen LogP contribution in [0.4, 0.5) is 10.1 Å². The smallest absolute Gasteiger partial charge is 0.323 e. The molecule has 1 aromatic rings. The zero-order chi connectivity index (χ0) is 12.8. The normalized spacial score (nSPS) is 9.71. The van der Waals surface area contributed by atoms with Crippen molar-refractivity contribution in [1.82, 2.24) is 0 Å². The van der Waals surface area contributed by atoms with E-state index in [1.807, 2.05) is 13.0 Å². The minimum Gasteiger partial charge on any atom is -0.480 e. The minimum atomic E-state index is -0.980. The summed E-state index contributed by atoms with van der Waals surface area (Å²) in [6.45, 7) is 2.21. The van der Waals surface area contributed by atoms with Gasteiger partial charge in [0, 0.05) is 6.54 Å². The van der Waals surface area contributed by atoms with E-state index in [1.165, 1.54) is 12.1 Å². The molecule has 0 aromatic heterocycles. The maximum atomic E-state index is 13.0. The molecule has 0 atom stereocenters. The van der Waals surface area contributed by atoms with Gasteiger partial charge < -0.3 is 10.0 Å². The standard InChI is InChI=1S/C12H13FN2O2/c1-2-5-15(8-12(16)17)11-4-3-10(13)6-9(11)7-14/h3-4,6H,2,5,8H2,1H3,(H,16,17). The van der Waals surface area contributed by atoms with Crippen LogP contribution in [-0.2, 0) is 4.79 Å². The zero-order valence-electron chi connectivity index (χ0n) is 9.48. The Kier molecular flexibility index (Phi) is 4.46. The maximum absolute atomic E-state index is 13.0. The van der Waals surface area contributed by atoms with E-state index in [0.29, 0.717) is 12.2 Å². The van der Waals surface area contributed by atoms with Gasteiger partial charge in [-0.25, -0.2) is 4.39 Å². The third kappa shape index (κ3) is 3.45. The van der Waals surface area contributed by atoms with Crippen LogP contribution in [0.2, 0.25) is 0 Å². The van der Waals surface area contributed by atoms with Gasteiger partial charge in [-0.3, -0.25) is 4.79 Å². The van der Waals surface area contributed by atoms with Gasteiger partial charge in [0.25, 0.3) is 0 Å². The van der Waals surface area contributed by atoms with Gasteiger partial charge in [0.15, 0.2) is 0 Å². The van der Waals surface area contributed by atoms with Crippen LogP contribution < -0.4 is 4.90 Å². The molecule has 1 rings (SSSR count). The first kappa shape index (κ1) is 13.0. The van der Waals surface area contributed by atoms with Gasteiger partial charge >= 0.3 is 5.97 Å². The number of halogens is 1. The second kappa shape index (κ2) is 5.85. The average Bonchev–Trinajstić information content (AvgIpc) is 2.27. The molecule has 5 heteroatoms. The quantitative estimate of drug-likeness (QED) is 0.849. The molecule has 4 nitrogen and oxygen atoms in total. The zero-order valence-corrected chi connectivity index (χ0v) is 9.48. The lowest BCUT2D eigenvalue weighted by Gasteiger charge is -2.23. The van der Waals surface area contributed by atoms with Crippen LogP contribution in [0.5, 0.6) is 0 Å². The van der Waals surface area contributed by atoms with Gasteiger partial charge in [-0.15, -0.1) is 0 Å². The van der Waals surface area contributed by atoms with Crippen LogP contribution in [0.15, 0.2) is 18.2 Å². The molecule has 0 fully saturated rings. The van der Waals surface area contributed by atoms with E-state index in [1.54, 1.807) is 4.90 Å². The van der Waals surface area contributed by atoms with Crippen molar-refractivity contribution in [2.45, 2.75) is 13.3 Å². The molecule has 0 amide bonds. The van der Waals surface area contributed by atoms with Crippen LogP contribution >= 0.6 is 0 Å². The summed E-state index contributed by atoms with van der Waals surface area (Å²) in [5.41, 5.74) is 0.609. The number of carbonyl (C=O) groups is 1. The van der Waals surface area contributed by atoms with Crippen LogP contribution in [0.1, 0.15) is 18.9 Å². The first-order valence-corrected chi connectivity index (χ1v) is 5.25. The first-order valence-electron chi connectivity index (χ1n) is 5.25. The summed E-state index contributed by atoms with van der Waals surface area (Å²) in [6.07, 6.45) is 0.746. The molecule has 0 bridgehead atoms. The summed E-state index contributed by atoms with van der Waals surface area (Å²) in [4.78, 5) is 12.3. The molecule has 0 spiro atoms. The summed E-state index contributed by atoms with van der Waals surface area (Å²) in [5.74, 6) is -1.48. The molecular weight excluding hydrogens is 223 g/mol. The van der Waals surface area contributed by atoms with E-state index in [9.17, 15) is 9.18 Å². The Morgan fingerprint density at radius 1 is 1.59 bits per heavy atom. The number of nitriles is 1. The molecule has 90 valence electrons. The molecule has 0 heterocycles. The highest BCUT2D eigenvalue weighted by Gasteiger charge is 2.14. The summed E-state index contributed by atoms with van der Waals surface area (Å²) in [6, 6.07) is 5.64. The van der Waals surface area contributed by atoms with Crippen molar-refractivity contribution in [3.8, 4) is 6.07 Å². The monoisotopic (exact) mass is 236 g/mol. The number of rotatable bonds is 5. The van der Waals surface area contributed by atoms with Crippen molar-refractivity contribution in [2.75, 3.05) is 18.0 Å². The lowest BCUT2D eigenvalue weighted by Crippen LogP contribution is -2.31. The number of carboxylic acids is 1. The Labute approximate surface area is 98.9 Å². The first-order chi connectivity index (χ1) is 8.08. The third-order valence-electron chi connectivity index (χ3n) is 2.24. The van der Waals surface area contributed by atoms with Crippen LogP contribution in [0.25, 0.3) is 0 Å². The predicted molar refractivity (Wildman–Crippen MR) is 61.3 cm³/mol. The van der Waals surface area contributed by atoms with Crippen molar-refractivity contribution >= 4 is 11.7 Å². The summed E-state index contributed by atoms with van der Waals surface area (Å²) < 4.78 is 13.0. The highest BCUT2D eigenvalue weighted by molar-refractivity contribution is 5.75. The fourth-order valence-electron chi connectivity index (χ4n) is 1.59. The number of carboxylic acid groups (broad SMARTS) is 1. The van der Waals surface area contributed by atoms with Gasteiger partial charge in [0.1, 0.15) is 18.4 Å². The van der Waals surface area contributed by atoms with Crippen LogP contribution in [-0.4, -0.2) is 24.2 Å². The molecule has 0 aliphatic heterocycles. The molecule has 0 radical (unpaired) electrons. The van der Waals surface area contributed by atoms with Crippen molar-refractivity contribution < 1.29 is 14.3 Å². The Balaban J connectivity index is 3.09. The molecule has 17 heavy (non-hydrogen) atoms. The lowest BCUT2D eigenvalue weighted by atomic mass is 10.1. The predicted octanol–water partition coefficient (Wildman–Crippen LogP) is 2.00. The summed E-state index contributed by atoms with van der Waals surface area (Å²) >= 11 is 0.